The molecule has 0 bridgehead atoms. The number of rotatable bonds is 5. The number of methoxy groups -OCH3 is 1. The number of nitrogens with zero attached hydrogens (tertiary/aromatic N) is 3. The van der Waals surface area contributed by atoms with Crippen LogP contribution in [0.4, 0.5) is 0 Å². The van der Waals surface area contributed by atoms with Crippen LogP contribution in [-0.2, 0) is 4.74 Å². The third-order valence-electron chi connectivity index (χ3n) is 4.61. The lowest BCUT2D eigenvalue weighted by Crippen LogP contribution is -2.41. The van der Waals surface area contributed by atoms with E-state index in [1.54, 1.807) is 7.11 Å². The van der Waals surface area contributed by atoms with Crippen LogP contribution < -0.4 is 9.47 Å². The predicted molar refractivity (Wildman–Crippen MR) is 96.6 cm³/mol. The van der Waals surface area contributed by atoms with E-state index >= 15 is 0 Å². The second-order valence-electron chi connectivity index (χ2n) is 6.36. The van der Waals surface area contributed by atoms with Gasteiger partial charge in [0.25, 0.3) is 0 Å². The Labute approximate surface area is 146 Å². The summed E-state index contributed by atoms with van der Waals surface area (Å²) in [6, 6.07) is 7.99. The number of hydrogen-bond donors (Lipinski definition) is 0. The Morgan fingerprint density at radius 3 is 2.80 bits per heavy atom. The van der Waals surface area contributed by atoms with E-state index in [1.807, 2.05) is 36.7 Å². The average molecular weight is 341 g/mol. The number of morpholine rings is 1. The van der Waals surface area contributed by atoms with E-state index in [0.717, 1.165) is 60.9 Å². The summed E-state index contributed by atoms with van der Waals surface area (Å²) in [5.74, 6) is 1.63. The van der Waals surface area contributed by atoms with Gasteiger partial charge in [-0.15, -0.1) is 0 Å². The molecule has 0 radical (unpaired) electrons. The second-order valence-corrected chi connectivity index (χ2v) is 6.36. The highest BCUT2D eigenvalue weighted by Crippen LogP contribution is 2.29. The lowest BCUT2D eigenvalue weighted by Gasteiger charge is -2.29. The third-order valence-corrected chi connectivity index (χ3v) is 4.61. The Hall–Kier alpha value is -2.31. The molecular formula is C19H23N3O3. The summed E-state index contributed by atoms with van der Waals surface area (Å²) >= 11 is 0. The molecule has 6 heteroatoms. The maximum Gasteiger partial charge on any atom is 0.147 e. The van der Waals surface area contributed by atoms with E-state index in [1.165, 1.54) is 0 Å². The number of hydrogen-bond acceptors (Lipinski definition) is 5. The van der Waals surface area contributed by atoms with Gasteiger partial charge in [0.1, 0.15) is 28.6 Å². The lowest BCUT2D eigenvalue weighted by atomic mass is 10.2. The molecule has 1 saturated heterocycles. The van der Waals surface area contributed by atoms with Crippen LogP contribution in [0.2, 0.25) is 0 Å². The first-order valence-electron chi connectivity index (χ1n) is 8.66. The van der Waals surface area contributed by atoms with Gasteiger partial charge in [-0.1, -0.05) is 6.07 Å². The van der Waals surface area contributed by atoms with Gasteiger partial charge in [0, 0.05) is 25.8 Å². The van der Waals surface area contributed by atoms with Crippen molar-refractivity contribution >= 4 is 16.6 Å². The van der Waals surface area contributed by atoms with Crippen molar-refractivity contribution < 1.29 is 14.2 Å². The Morgan fingerprint density at radius 1 is 1.16 bits per heavy atom. The third kappa shape index (κ3) is 3.15. The van der Waals surface area contributed by atoms with Crippen LogP contribution in [0, 0.1) is 0 Å². The van der Waals surface area contributed by atoms with Gasteiger partial charge in [-0.3, -0.25) is 4.90 Å². The highest BCUT2D eigenvalue weighted by Gasteiger charge is 2.16. The first kappa shape index (κ1) is 16.2. The zero-order valence-corrected chi connectivity index (χ0v) is 14.6. The van der Waals surface area contributed by atoms with Gasteiger partial charge in [-0.05, 0) is 25.1 Å². The van der Waals surface area contributed by atoms with Crippen molar-refractivity contribution in [3.63, 3.8) is 0 Å². The standard InChI is InChI=1S/C19H23N3O3/c1-14(13-21-8-10-24-11-9-21)25-18-5-3-4-15-19(18)20-12-16-17(23-2)6-7-22(15)16/h3-7,12,14H,8-11,13H2,1-2H3. The number of fused-ring (bicyclic) bond motifs is 3. The van der Waals surface area contributed by atoms with E-state index in [4.69, 9.17) is 14.2 Å². The lowest BCUT2D eigenvalue weighted by molar-refractivity contribution is 0.0220. The fourth-order valence-electron chi connectivity index (χ4n) is 3.39. The van der Waals surface area contributed by atoms with Gasteiger partial charge >= 0.3 is 0 Å². The van der Waals surface area contributed by atoms with Gasteiger partial charge in [-0.2, -0.15) is 0 Å². The Kier molecular flexibility index (Phi) is 4.46. The van der Waals surface area contributed by atoms with E-state index in [0.29, 0.717) is 0 Å². The van der Waals surface area contributed by atoms with Gasteiger partial charge in [0.05, 0.1) is 32.0 Å². The van der Waals surface area contributed by atoms with Crippen molar-refractivity contribution in [1.82, 2.24) is 14.3 Å². The molecule has 1 fully saturated rings. The van der Waals surface area contributed by atoms with Crippen molar-refractivity contribution in [1.29, 1.82) is 0 Å². The molecule has 1 aromatic carbocycles. The minimum Gasteiger partial charge on any atom is -0.494 e. The first-order chi connectivity index (χ1) is 12.3. The summed E-state index contributed by atoms with van der Waals surface area (Å²) in [4.78, 5) is 7.01. The van der Waals surface area contributed by atoms with E-state index < -0.39 is 0 Å². The fourth-order valence-corrected chi connectivity index (χ4v) is 3.39. The molecular weight excluding hydrogens is 318 g/mol. The summed E-state index contributed by atoms with van der Waals surface area (Å²) in [6.45, 7) is 6.52. The van der Waals surface area contributed by atoms with Crippen LogP contribution in [-0.4, -0.2) is 60.3 Å². The highest BCUT2D eigenvalue weighted by atomic mass is 16.5. The van der Waals surface area contributed by atoms with Crippen molar-refractivity contribution in [2.24, 2.45) is 0 Å². The molecule has 2 aromatic heterocycles. The summed E-state index contributed by atoms with van der Waals surface area (Å²) in [6.07, 6.45) is 3.92. The van der Waals surface area contributed by atoms with Crippen LogP contribution in [0.25, 0.3) is 16.6 Å². The molecule has 25 heavy (non-hydrogen) atoms. The Balaban J connectivity index is 1.61. The average Bonchev–Trinajstić information content (AvgIpc) is 3.06. The van der Waals surface area contributed by atoms with Crippen molar-refractivity contribution in [2.45, 2.75) is 13.0 Å². The highest BCUT2D eigenvalue weighted by molar-refractivity contribution is 5.85. The maximum atomic E-state index is 6.22. The molecule has 3 heterocycles. The van der Waals surface area contributed by atoms with Gasteiger partial charge in [0.2, 0.25) is 0 Å². The number of ether oxygens (including phenoxy) is 3. The number of aromatic nitrogens is 2. The quantitative estimate of drug-likeness (QED) is 0.714. The van der Waals surface area contributed by atoms with Gasteiger partial charge < -0.3 is 18.6 Å². The summed E-state index contributed by atoms with van der Waals surface area (Å²) < 4.78 is 19.1. The largest absolute Gasteiger partial charge is 0.494 e. The second kappa shape index (κ2) is 6.90. The minimum absolute atomic E-state index is 0.0837. The molecule has 0 amide bonds. The zero-order valence-electron chi connectivity index (χ0n) is 14.6. The normalized spacial score (nSPS) is 17.0. The molecule has 1 atom stereocenters. The summed E-state index contributed by atoms with van der Waals surface area (Å²) in [5, 5.41) is 0. The molecule has 1 aliphatic rings. The molecule has 1 aliphatic heterocycles. The van der Waals surface area contributed by atoms with Crippen molar-refractivity contribution in [2.75, 3.05) is 40.0 Å². The van der Waals surface area contributed by atoms with E-state index in [9.17, 15) is 0 Å². The van der Waals surface area contributed by atoms with Crippen LogP contribution in [0.1, 0.15) is 6.92 Å². The molecule has 0 aliphatic carbocycles. The van der Waals surface area contributed by atoms with Crippen molar-refractivity contribution in [3.8, 4) is 11.5 Å². The number of benzene rings is 1. The van der Waals surface area contributed by atoms with Crippen LogP contribution in [0.15, 0.2) is 36.7 Å². The Bertz CT molecular complexity index is 871. The molecule has 3 aromatic rings. The predicted octanol–water partition coefficient (Wildman–Crippen LogP) is 2.60. The van der Waals surface area contributed by atoms with E-state index in [2.05, 4.69) is 21.2 Å². The molecule has 0 saturated carbocycles. The monoisotopic (exact) mass is 341 g/mol. The Morgan fingerprint density at radius 2 is 2.00 bits per heavy atom. The van der Waals surface area contributed by atoms with Gasteiger partial charge in [-0.25, -0.2) is 4.98 Å². The summed E-state index contributed by atoms with van der Waals surface area (Å²) in [5.41, 5.74) is 2.83. The zero-order chi connectivity index (χ0) is 17.2. The van der Waals surface area contributed by atoms with E-state index in [-0.39, 0.29) is 6.10 Å². The molecule has 0 N–H and O–H groups in total. The molecule has 4 rings (SSSR count). The summed E-state index contributed by atoms with van der Waals surface area (Å²) in [7, 11) is 1.67. The molecule has 0 spiro atoms. The topological polar surface area (TPSA) is 48.2 Å². The molecule has 132 valence electrons. The van der Waals surface area contributed by atoms with Crippen LogP contribution in [0.3, 0.4) is 0 Å². The van der Waals surface area contributed by atoms with Gasteiger partial charge in [0.15, 0.2) is 0 Å². The minimum atomic E-state index is 0.0837. The SMILES string of the molecule is COc1ccn2c1cnc1c(OC(C)CN3CCOCC3)cccc12. The fraction of sp³-hybridized carbons (Fsp3) is 0.421. The van der Waals surface area contributed by atoms with Crippen LogP contribution >= 0.6 is 0 Å². The number of para-hydroxylation sites is 1. The molecule has 6 nitrogen and oxygen atoms in total. The smallest absolute Gasteiger partial charge is 0.147 e. The maximum absolute atomic E-state index is 6.22. The van der Waals surface area contributed by atoms with Crippen LogP contribution in [0.5, 0.6) is 11.5 Å². The van der Waals surface area contributed by atoms with Crippen molar-refractivity contribution in [3.05, 3.63) is 36.7 Å². The first-order valence-corrected chi connectivity index (χ1v) is 8.66. The molecule has 1 unspecified atom stereocenters.